The van der Waals surface area contributed by atoms with E-state index in [1.807, 2.05) is 0 Å². The van der Waals surface area contributed by atoms with Crippen LogP contribution in [0.3, 0.4) is 0 Å². The summed E-state index contributed by atoms with van der Waals surface area (Å²) in [6, 6.07) is 4.17. The van der Waals surface area contributed by atoms with Crippen LogP contribution in [-0.4, -0.2) is 31.1 Å². The fraction of sp³-hybridized carbons (Fsp3) is 0.385. The average Bonchev–Trinajstić information content (AvgIpc) is 2.50. The lowest BCUT2D eigenvalue weighted by Gasteiger charge is -2.10. The summed E-state index contributed by atoms with van der Waals surface area (Å²) in [4.78, 5) is 33.1. The maximum absolute atomic E-state index is 11.6. The van der Waals surface area contributed by atoms with E-state index in [1.54, 1.807) is 0 Å². The van der Waals surface area contributed by atoms with Gasteiger partial charge in [0, 0.05) is 0 Å². The lowest BCUT2D eigenvalue weighted by molar-refractivity contribution is -0.385. The highest BCUT2D eigenvalue weighted by atomic mass is 16.6. The number of methoxy groups -OCH3 is 2. The predicted octanol–water partition coefficient (Wildman–Crippen LogP) is 1.46. The van der Waals surface area contributed by atoms with Gasteiger partial charge in [0.25, 0.3) is 5.69 Å². The number of benzene rings is 1. The Bertz CT molecular complexity index is 555. The van der Waals surface area contributed by atoms with Gasteiger partial charge in [-0.2, -0.15) is 0 Å². The van der Waals surface area contributed by atoms with E-state index in [4.69, 9.17) is 9.47 Å². The molecule has 1 atom stereocenters. The Kier molecular flexibility index (Phi) is 5.65. The summed E-state index contributed by atoms with van der Waals surface area (Å²) in [7, 11) is 2.54. The fourth-order valence-corrected chi connectivity index (χ4v) is 1.51. The number of carbonyl (C=O) groups is 2. The van der Waals surface area contributed by atoms with Crippen LogP contribution in [0.5, 0.6) is 5.75 Å². The summed E-state index contributed by atoms with van der Waals surface area (Å²) in [5.74, 6) is -2.32. The summed E-state index contributed by atoms with van der Waals surface area (Å²) in [5.41, 5.74) is -0.0286. The summed E-state index contributed by atoms with van der Waals surface area (Å²) in [5, 5.41) is 11.0. The zero-order chi connectivity index (χ0) is 16.0. The zero-order valence-corrected chi connectivity index (χ0v) is 11.8. The van der Waals surface area contributed by atoms with E-state index in [2.05, 4.69) is 4.74 Å². The van der Waals surface area contributed by atoms with E-state index in [9.17, 15) is 19.7 Å². The smallest absolute Gasteiger partial charge is 0.320 e. The number of nitro groups is 1. The zero-order valence-electron chi connectivity index (χ0n) is 11.8. The van der Waals surface area contributed by atoms with Gasteiger partial charge in [-0.3, -0.25) is 19.7 Å². The van der Waals surface area contributed by atoms with Crippen molar-refractivity contribution >= 4 is 17.6 Å². The van der Waals surface area contributed by atoms with E-state index in [0.717, 1.165) is 7.11 Å². The molecular formula is C13H15NO7. The molecule has 0 aromatic heterocycles. The van der Waals surface area contributed by atoms with Gasteiger partial charge in [-0.05, 0) is 19.1 Å². The highest BCUT2D eigenvalue weighted by Gasteiger charge is 2.25. The molecule has 1 rings (SSSR count). The number of carbonyl (C=O) groups excluding carboxylic acids is 2. The molecule has 0 spiro atoms. The van der Waals surface area contributed by atoms with Crippen molar-refractivity contribution in [2.24, 2.45) is 5.92 Å². The van der Waals surface area contributed by atoms with Crippen LogP contribution >= 0.6 is 0 Å². The molecule has 8 nitrogen and oxygen atoms in total. The van der Waals surface area contributed by atoms with Crippen LogP contribution in [0, 0.1) is 16.0 Å². The van der Waals surface area contributed by atoms with E-state index in [0.29, 0.717) is 5.75 Å². The van der Waals surface area contributed by atoms with E-state index < -0.39 is 22.8 Å². The number of esters is 2. The van der Waals surface area contributed by atoms with Crippen molar-refractivity contribution in [3.05, 3.63) is 33.9 Å². The molecule has 0 radical (unpaired) electrons. The highest BCUT2D eigenvalue weighted by molar-refractivity contribution is 5.94. The monoisotopic (exact) mass is 297 g/mol. The second-order valence-corrected chi connectivity index (χ2v) is 4.10. The van der Waals surface area contributed by atoms with Gasteiger partial charge in [-0.1, -0.05) is 0 Å². The van der Waals surface area contributed by atoms with Gasteiger partial charge in [0.15, 0.2) is 5.92 Å². The van der Waals surface area contributed by atoms with Crippen LogP contribution in [0.1, 0.15) is 12.5 Å². The van der Waals surface area contributed by atoms with E-state index >= 15 is 0 Å². The highest BCUT2D eigenvalue weighted by Crippen LogP contribution is 2.25. The molecule has 0 bridgehead atoms. The molecule has 0 N–H and O–H groups in total. The summed E-state index contributed by atoms with van der Waals surface area (Å²) in [6.07, 6.45) is 0. The molecular weight excluding hydrogens is 282 g/mol. The van der Waals surface area contributed by atoms with Gasteiger partial charge >= 0.3 is 11.9 Å². The number of ether oxygens (including phenoxy) is 3. The molecule has 0 fully saturated rings. The van der Waals surface area contributed by atoms with Crippen molar-refractivity contribution in [3.8, 4) is 5.75 Å². The number of rotatable bonds is 6. The predicted molar refractivity (Wildman–Crippen MR) is 70.6 cm³/mol. The Morgan fingerprint density at radius 1 is 1.29 bits per heavy atom. The summed E-state index contributed by atoms with van der Waals surface area (Å²) < 4.78 is 14.2. The minimum Gasteiger partial charge on any atom is -0.497 e. The quantitative estimate of drug-likeness (QED) is 0.338. The summed E-state index contributed by atoms with van der Waals surface area (Å²) in [6.45, 7) is 1.01. The van der Waals surface area contributed by atoms with Gasteiger partial charge in [0.1, 0.15) is 12.4 Å². The van der Waals surface area contributed by atoms with Gasteiger partial charge in [-0.15, -0.1) is 0 Å². The topological polar surface area (TPSA) is 105 Å². The first-order chi connectivity index (χ1) is 9.90. The Morgan fingerprint density at radius 3 is 2.48 bits per heavy atom. The van der Waals surface area contributed by atoms with Crippen LogP contribution in [0.25, 0.3) is 0 Å². The van der Waals surface area contributed by atoms with Crippen LogP contribution in [0.2, 0.25) is 0 Å². The second kappa shape index (κ2) is 7.22. The molecule has 0 saturated carbocycles. The molecule has 0 aliphatic heterocycles. The number of hydrogen-bond acceptors (Lipinski definition) is 7. The molecule has 1 aromatic carbocycles. The largest absolute Gasteiger partial charge is 0.497 e. The molecule has 0 amide bonds. The van der Waals surface area contributed by atoms with Gasteiger partial charge < -0.3 is 14.2 Å². The molecule has 0 saturated heterocycles. The Balaban J connectivity index is 2.82. The van der Waals surface area contributed by atoms with Crippen LogP contribution < -0.4 is 4.74 Å². The molecule has 1 aromatic rings. The van der Waals surface area contributed by atoms with E-state index in [1.165, 1.54) is 32.2 Å². The van der Waals surface area contributed by atoms with Crippen molar-refractivity contribution in [2.45, 2.75) is 13.5 Å². The Labute approximate surface area is 120 Å². The first-order valence-electron chi connectivity index (χ1n) is 5.96. The normalized spacial score (nSPS) is 11.4. The lowest BCUT2D eigenvalue weighted by Crippen LogP contribution is -2.24. The third-order valence-electron chi connectivity index (χ3n) is 2.77. The second-order valence-electron chi connectivity index (χ2n) is 4.10. The molecule has 0 heterocycles. The van der Waals surface area contributed by atoms with Crippen LogP contribution in [0.4, 0.5) is 5.69 Å². The maximum Gasteiger partial charge on any atom is 0.320 e. The molecule has 8 heteroatoms. The average molecular weight is 297 g/mol. The van der Waals surface area contributed by atoms with Crippen LogP contribution in [0.15, 0.2) is 18.2 Å². The summed E-state index contributed by atoms with van der Waals surface area (Å²) >= 11 is 0. The molecule has 114 valence electrons. The Hall–Kier alpha value is -2.64. The minimum atomic E-state index is -1.09. The number of nitrogens with zero attached hydrogens (tertiary/aromatic N) is 1. The lowest BCUT2D eigenvalue weighted by atomic mass is 10.1. The minimum absolute atomic E-state index is 0.200. The first-order valence-corrected chi connectivity index (χ1v) is 5.96. The molecule has 21 heavy (non-hydrogen) atoms. The fourth-order valence-electron chi connectivity index (χ4n) is 1.51. The van der Waals surface area contributed by atoms with Crippen molar-refractivity contribution in [2.75, 3.05) is 14.2 Å². The van der Waals surface area contributed by atoms with E-state index in [-0.39, 0.29) is 17.9 Å². The van der Waals surface area contributed by atoms with Gasteiger partial charge in [0.05, 0.1) is 30.8 Å². The van der Waals surface area contributed by atoms with Crippen LogP contribution in [-0.2, 0) is 25.7 Å². The Morgan fingerprint density at radius 2 is 1.95 bits per heavy atom. The number of hydrogen-bond donors (Lipinski definition) is 0. The van der Waals surface area contributed by atoms with Crippen molar-refractivity contribution in [3.63, 3.8) is 0 Å². The SMILES string of the molecule is COC(=O)C(C)C(=O)OCc1ccc(OC)cc1[N+](=O)[O-]. The first kappa shape index (κ1) is 16.4. The number of nitro benzene ring substituents is 1. The third-order valence-corrected chi connectivity index (χ3v) is 2.77. The van der Waals surface area contributed by atoms with Crippen molar-refractivity contribution in [1.29, 1.82) is 0 Å². The standard InChI is InChI=1S/C13H15NO7/c1-8(12(15)20-3)13(16)21-7-9-4-5-10(19-2)6-11(9)14(17)18/h4-6,8H,7H2,1-3H3. The molecule has 0 aliphatic carbocycles. The van der Waals surface area contributed by atoms with Gasteiger partial charge in [0.2, 0.25) is 0 Å². The van der Waals surface area contributed by atoms with Crippen molar-refractivity contribution in [1.82, 2.24) is 0 Å². The maximum atomic E-state index is 11.6. The van der Waals surface area contributed by atoms with Gasteiger partial charge in [-0.25, -0.2) is 0 Å². The third kappa shape index (κ3) is 4.16. The van der Waals surface area contributed by atoms with Crippen molar-refractivity contribution < 1.29 is 28.7 Å². The molecule has 0 aliphatic rings. The molecule has 1 unspecified atom stereocenters.